The highest BCUT2D eigenvalue weighted by atomic mass is 35.5. The summed E-state index contributed by atoms with van der Waals surface area (Å²) in [5, 5.41) is 2.81. The van der Waals surface area contributed by atoms with Crippen molar-refractivity contribution in [1.82, 2.24) is 0 Å². The minimum Gasteiger partial charge on any atom is -0.493 e. The molecule has 0 aromatic heterocycles. The average Bonchev–Trinajstić information content (AvgIpc) is 3.10. The Labute approximate surface area is 153 Å². The highest BCUT2D eigenvalue weighted by molar-refractivity contribution is 6.06. The van der Waals surface area contributed by atoms with Crippen molar-refractivity contribution in [3.63, 3.8) is 0 Å². The molecular weight excluding hydrogens is 340 g/mol. The molecular formula is C19H23ClN2O3. The predicted octanol–water partition coefficient (Wildman–Crippen LogP) is 4.27. The largest absolute Gasteiger partial charge is 0.493 e. The van der Waals surface area contributed by atoms with Gasteiger partial charge in [0, 0.05) is 5.56 Å². The summed E-state index contributed by atoms with van der Waals surface area (Å²) in [6.45, 7) is 0. The van der Waals surface area contributed by atoms with E-state index in [0.29, 0.717) is 28.4 Å². The molecule has 3 N–H and O–H groups in total. The maximum absolute atomic E-state index is 12.4. The first-order chi connectivity index (χ1) is 11.7. The number of hydrogen-bond donors (Lipinski definition) is 2. The molecule has 0 heterocycles. The van der Waals surface area contributed by atoms with Crippen molar-refractivity contribution in [1.29, 1.82) is 0 Å². The van der Waals surface area contributed by atoms with Gasteiger partial charge in [0.25, 0.3) is 5.91 Å². The molecule has 0 saturated heterocycles. The van der Waals surface area contributed by atoms with Crippen LogP contribution in [0, 0.1) is 0 Å². The molecule has 1 fully saturated rings. The topological polar surface area (TPSA) is 73.6 Å². The summed E-state index contributed by atoms with van der Waals surface area (Å²) < 4.78 is 11.4. The zero-order valence-electron chi connectivity index (χ0n) is 14.2. The third-order valence-corrected chi connectivity index (χ3v) is 4.23. The van der Waals surface area contributed by atoms with Gasteiger partial charge in [-0.3, -0.25) is 4.79 Å². The lowest BCUT2D eigenvalue weighted by Gasteiger charge is -2.16. The SMILES string of the molecule is COc1cc(C(=O)Nc2ccccc2N)ccc1OC1CCCC1.Cl. The van der Waals surface area contributed by atoms with Crippen LogP contribution in [0.5, 0.6) is 11.5 Å². The van der Waals surface area contributed by atoms with Crippen LogP contribution in [0.15, 0.2) is 42.5 Å². The van der Waals surface area contributed by atoms with Gasteiger partial charge in [0.2, 0.25) is 0 Å². The van der Waals surface area contributed by atoms with Gasteiger partial charge >= 0.3 is 0 Å². The second-order valence-corrected chi connectivity index (χ2v) is 5.93. The highest BCUT2D eigenvalue weighted by Crippen LogP contribution is 2.32. The summed E-state index contributed by atoms with van der Waals surface area (Å²) in [5.41, 5.74) is 7.47. The molecule has 0 radical (unpaired) electrons. The van der Waals surface area contributed by atoms with Crippen molar-refractivity contribution in [3.05, 3.63) is 48.0 Å². The number of methoxy groups -OCH3 is 1. The Morgan fingerprint density at radius 1 is 1.12 bits per heavy atom. The van der Waals surface area contributed by atoms with E-state index in [9.17, 15) is 4.79 Å². The van der Waals surface area contributed by atoms with E-state index in [0.717, 1.165) is 12.8 Å². The fraction of sp³-hybridized carbons (Fsp3) is 0.316. The number of ether oxygens (including phenoxy) is 2. The van der Waals surface area contributed by atoms with E-state index in [-0.39, 0.29) is 24.4 Å². The van der Waals surface area contributed by atoms with Crippen molar-refractivity contribution in [3.8, 4) is 11.5 Å². The molecule has 1 saturated carbocycles. The number of carbonyl (C=O) groups excluding carboxylic acids is 1. The molecule has 0 unspecified atom stereocenters. The first kappa shape index (κ1) is 18.9. The monoisotopic (exact) mass is 362 g/mol. The van der Waals surface area contributed by atoms with Gasteiger partial charge < -0.3 is 20.5 Å². The Balaban J connectivity index is 0.00000225. The normalized spacial score (nSPS) is 13.8. The maximum atomic E-state index is 12.4. The van der Waals surface area contributed by atoms with Gasteiger partial charge in [0.15, 0.2) is 11.5 Å². The van der Waals surface area contributed by atoms with Crippen LogP contribution in [0.25, 0.3) is 0 Å². The zero-order valence-corrected chi connectivity index (χ0v) is 15.0. The number of hydrogen-bond acceptors (Lipinski definition) is 4. The number of carbonyl (C=O) groups is 1. The molecule has 2 aromatic rings. The Bertz CT molecular complexity index is 730. The van der Waals surface area contributed by atoms with Crippen LogP contribution in [0.3, 0.4) is 0 Å². The second kappa shape index (κ2) is 8.62. The standard InChI is InChI=1S/C19H22N2O3.ClH/c1-23-18-12-13(10-11-17(18)24-14-6-2-3-7-14)19(22)21-16-9-5-4-8-15(16)20;/h4-5,8-12,14H,2-3,6-7,20H2,1H3,(H,21,22);1H. The summed E-state index contributed by atoms with van der Waals surface area (Å²) >= 11 is 0. The number of anilines is 2. The van der Waals surface area contributed by atoms with Crippen LogP contribution in [0.2, 0.25) is 0 Å². The first-order valence-corrected chi connectivity index (χ1v) is 8.18. The molecule has 6 heteroatoms. The maximum Gasteiger partial charge on any atom is 0.255 e. The zero-order chi connectivity index (χ0) is 16.9. The van der Waals surface area contributed by atoms with Crippen LogP contribution in [0.4, 0.5) is 11.4 Å². The average molecular weight is 363 g/mol. The van der Waals surface area contributed by atoms with Crippen molar-refractivity contribution in [2.45, 2.75) is 31.8 Å². The quantitative estimate of drug-likeness (QED) is 0.779. The number of benzene rings is 2. The lowest BCUT2D eigenvalue weighted by Crippen LogP contribution is -2.14. The van der Waals surface area contributed by atoms with Gasteiger partial charge in [0.05, 0.1) is 24.6 Å². The van der Waals surface area contributed by atoms with Gasteiger partial charge in [-0.2, -0.15) is 0 Å². The molecule has 1 aliphatic carbocycles. The third-order valence-electron chi connectivity index (χ3n) is 4.23. The number of nitrogens with two attached hydrogens (primary N) is 1. The number of nitrogens with one attached hydrogen (secondary N) is 1. The van der Waals surface area contributed by atoms with Crippen molar-refractivity contribution in [2.24, 2.45) is 0 Å². The van der Waals surface area contributed by atoms with E-state index in [1.54, 1.807) is 37.4 Å². The van der Waals surface area contributed by atoms with Gasteiger partial charge in [-0.25, -0.2) is 0 Å². The van der Waals surface area contributed by atoms with Crippen molar-refractivity contribution in [2.75, 3.05) is 18.2 Å². The van der Waals surface area contributed by atoms with Gasteiger partial charge in [-0.15, -0.1) is 12.4 Å². The van der Waals surface area contributed by atoms with Gasteiger partial charge in [0.1, 0.15) is 0 Å². The molecule has 0 bridgehead atoms. The molecule has 0 atom stereocenters. The molecule has 134 valence electrons. The van der Waals surface area contributed by atoms with Crippen LogP contribution in [-0.2, 0) is 0 Å². The van der Waals surface area contributed by atoms with E-state index < -0.39 is 0 Å². The van der Waals surface area contributed by atoms with Crippen LogP contribution < -0.4 is 20.5 Å². The molecule has 1 amide bonds. The Kier molecular flexibility index (Phi) is 6.53. The first-order valence-electron chi connectivity index (χ1n) is 8.18. The Morgan fingerprint density at radius 3 is 2.52 bits per heavy atom. The minimum absolute atomic E-state index is 0. The number of nitrogen functional groups attached to an aromatic ring is 1. The summed E-state index contributed by atoms with van der Waals surface area (Å²) in [6, 6.07) is 12.4. The lowest BCUT2D eigenvalue weighted by molar-refractivity contribution is 0.102. The van der Waals surface area contributed by atoms with E-state index in [2.05, 4.69) is 5.32 Å². The Morgan fingerprint density at radius 2 is 1.84 bits per heavy atom. The molecule has 2 aromatic carbocycles. The fourth-order valence-corrected chi connectivity index (χ4v) is 2.90. The molecule has 1 aliphatic rings. The van der Waals surface area contributed by atoms with Crippen molar-refractivity contribution >= 4 is 29.7 Å². The fourth-order valence-electron chi connectivity index (χ4n) is 2.90. The molecule has 5 nitrogen and oxygen atoms in total. The summed E-state index contributed by atoms with van der Waals surface area (Å²) in [4.78, 5) is 12.4. The second-order valence-electron chi connectivity index (χ2n) is 5.93. The lowest BCUT2D eigenvalue weighted by atomic mass is 10.1. The van der Waals surface area contributed by atoms with E-state index in [4.69, 9.17) is 15.2 Å². The summed E-state index contributed by atoms with van der Waals surface area (Å²) in [7, 11) is 1.58. The van der Waals surface area contributed by atoms with Crippen LogP contribution >= 0.6 is 12.4 Å². The molecule has 3 rings (SSSR count). The minimum atomic E-state index is -0.237. The van der Waals surface area contributed by atoms with Gasteiger partial charge in [-0.1, -0.05) is 12.1 Å². The number of amides is 1. The third kappa shape index (κ3) is 4.57. The highest BCUT2D eigenvalue weighted by Gasteiger charge is 2.19. The smallest absolute Gasteiger partial charge is 0.255 e. The summed E-state index contributed by atoms with van der Waals surface area (Å²) in [6.07, 6.45) is 4.78. The van der Waals surface area contributed by atoms with E-state index >= 15 is 0 Å². The molecule has 25 heavy (non-hydrogen) atoms. The van der Waals surface area contributed by atoms with E-state index in [1.165, 1.54) is 12.8 Å². The van der Waals surface area contributed by atoms with Crippen LogP contribution in [-0.4, -0.2) is 19.1 Å². The molecule has 0 aliphatic heterocycles. The Hall–Kier alpha value is -2.40. The van der Waals surface area contributed by atoms with Crippen molar-refractivity contribution < 1.29 is 14.3 Å². The predicted molar refractivity (Wildman–Crippen MR) is 102 cm³/mol. The van der Waals surface area contributed by atoms with Gasteiger partial charge in [-0.05, 0) is 56.0 Å². The van der Waals surface area contributed by atoms with Crippen LogP contribution in [0.1, 0.15) is 36.0 Å². The molecule has 0 spiro atoms. The number of halogens is 1. The van der Waals surface area contributed by atoms with E-state index in [1.807, 2.05) is 12.1 Å². The number of para-hydroxylation sites is 2. The number of rotatable bonds is 5. The summed E-state index contributed by atoms with van der Waals surface area (Å²) in [5.74, 6) is 1.01.